The molecule has 3 rings (SSSR count). The Morgan fingerprint density at radius 3 is 3.28 bits per heavy atom. The summed E-state index contributed by atoms with van der Waals surface area (Å²) in [5.74, 6) is -0.245. The fraction of sp³-hybridized carbons (Fsp3) is 0.467. The third-order valence-electron chi connectivity index (χ3n) is 3.91. The smallest absolute Gasteiger partial charge is 0.132 e. The summed E-state index contributed by atoms with van der Waals surface area (Å²) in [5.41, 5.74) is 2.61. The van der Waals surface area contributed by atoms with E-state index in [1.54, 1.807) is 11.0 Å². The molecule has 1 fully saturated rings. The third-order valence-corrected chi connectivity index (χ3v) is 3.91. The number of H-pyrrole nitrogens is 1. The lowest BCUT2D eigenvalue weighted by molar-refractivity contribution is 0.309. The first kappa shape index (κ1) is 8.70. The minimum Gasteiger partial charge on any atom is -0.358 e. The van der Waals surface area contributed by atoms with Gasteiger partial charge in [-0.3, -0.25) is 0 Å². The molecule has 0 aliphatic carbocycles. The lowest BCUT2D eigenvalue weighted by atomic mass is 10.0. The highest BCUT2D eigenvalue weighted by Gasteiger charge is 2.23. The van der Waals surface area contributed by atoms with Gasteiger partial charge in [-0.05, 0) is 57.4 Å². The first-order valence-electron chi connectivity index (χ1n) is 7.90. The highest BCUT2D eigenvalue weighted by atomic mass is 19.1. The maximum atomic E-state index is 14.1. The molecule has 1 aromatic heterocycles. The van der Waals surface area contributed by atoms with Crippen LogP contribution in [0.4, 0.5) is 4.39 Å². The van der Waals surface area contributed by atoms with Gasteiger partial charge in [-0.15, -0.1) is 0 Å². The van der Waals surface area contributed by atoms with Crippen molar-refractivity contribution in [3.63, 3.8) is 0 Å². The molecule has 1 aromatic carbocycles. The van der Waals surface area contributed by atoms with Gasteiger partial charge in [0.15, 0.2) is 0 Å². The van der Waals surface area contributed by atoms with E-state index >= 15 is 0 Å². The SMILES string of the molecule is [2H]C([2H])([2H])N1CCC[C@@H]1Cc1c(C)[nH]c2cccc(F)c12. The summed E-state index contributed by atoms with van der Waals surface area (Å²) in [7, 11) is 0. The van der Waals surface area contributed by atoms with Crippen molar-refractivity contribution in [2.45, 2.75) is 32.2 Å². The molecular weight excluding hydrogens is 227 g/mol. The summed E-state index contributed by atoms with van der Waals surface area (Å²) >= 11 is 0. The summed E-state index contributed by atoms with van der Waals surface area (Å²) in [6.07, 6.45) is 2.30. The van der Waals surface area contributed by atoms with Crippen molar-refractivity contribution >= 4 is 10.9 Å². The topological polar surface area (TPSA) is 19.0 Å². The molecule has 1 aliphatic heterocycles. The Kier molecular flexibility index (Phi) is 2.12. The highest BCUT2D eigenvalue weighted by Crippen LogP contribution is 2.29. The van der Waals surface area contributed by atoms with Crippen LogP contribution in [0.2, 0.25) is 0 Å². The second-order valence-electron chi connectivity index (χ2n) is 5.08. The van der Waals surface area contributed by atoms with Crippen molar-refractivity contribution < 1.29 is 8.50 Å². The van der Waals surface area contributed by atoms with Crippen molar-refractivity contribution in [2.24, 2.45) is 0 Å². The van der Waals surface area contributed by atoms with Crippen molar-refractivity contribution in [1.29, 1.82) is 0 Å². The molecule has 1 N–H and O–H groups in total. The van der Waals surface area contributed by atoms with Gasteiger partial charge >= 0.3 is 0 Å². The lowest BCUT2D eigenvalue weighted by Crippen LogP contribution is -2.27. The Morgan fingerprint density at radius 1 is 1.56 bits per heavy atom. The number of likely N-dealkylation sites (N-methyl/N-ethyl adjacent to an activating group) is 1. The van der Waals surface area contributed by atoms with Gasteiger partial charge in [0.1, 0.15) is 5.82 Å². The summed E-state index contributed by atoms with van der Waals surface area (Å²) in [6, 6.07) is 4.94. The molecular formula is C15H19FN2. The van der Waals surface area contributed by atoms with E-state index < -0.39 is 6.98 Å². The van der Waals surface area contributed by atoms with Crippen LogP contribution in [-0.4, -0.2) is 29.4 Å². The zero-order chi connectivity index (χ0) is 15.2. The molecule has 0 radical (unpaired) electrons. The summed E-state index contributed by atoms with van der Waals surface area (Å²) in [5, 5.41) is 0.604. The number of aromatic amines is 1. The molecule has 1 atom stereocenters. The first-order chi connectivity index (χ1) is 9.88. The number of fused-ring (bicyclic) bond motifs is 1. The molecule has 1 saturated heterocycles. The molecule has 18 heavy (non-hydrogen) atoms. The zero-order valence-corrected chi connectivity index (χ0v) is 10.5. The van der Waals surface area contributed by atoms with E-state index in [2.05, 4.69) is 4.98 Å². The number of halogens is 1. The first-order valence-corrected chi connectivity index (χ1v) is 6.40. The van der Waals surface area contributed by atoms with Crippen molar-refractivity contribution in [1.82, 2.24) is 9.88 Å². The summed E-state index contributed by atoms with van der Waals surface area (Å²) < 4.78 is 37.0. The maximum Gasteiger partial charge on any atom is 0.132 e. The Hall–Kier alpha value is -1.35. The Labute approximate surface area is 111 Å². The van der Waals surface area contributed by atoms with Gasteiger partial charge in [0.05, 0.1) is 0 Å². The van der Waals surface area contributed by atoms with Crippen LogP contribution in [0.25, 0.3) is 10.9 Å². The van der Waals surface area contributed by atoms with Crippen LogP contribution in [0.5, 0.6) is 0 Å². The van der Waals surface area contributed by atoms with Crippen LogP contribution < -0.4 is 0 Å². The Bertz CT molecular complexity index is 663. The molecule has 1 aliphatic rings. The fourth-order valence-electron chi connectivity index (χ4n) is 2.94. The quantitative estimate of drug-likeness (QED) is 0.865. The predicted octanol–water partition coefficient (Wildman–Crippen LogP) is 3.25. The van der Waals surface area contributed by atoms with Crippen LogP contribution in [0.3, 0.4) is 0 Å². The average Bonchev–Trinajstić information content (AvgIpc) is 2.96. The Balaban J connectivity index is 1.97. The zero-order valence-electron chi connectivity index (χ0n) is 13.5. The maximum absolute atomic E-state index is 14.1. The number of nitrogens with zero attached hydrogens (tertiary/aromatic N) is 1. The Morgan fingerprint density at radius 2 is 2.44 bits per heavy atom. The van der Waals surface area contributed by atoms with Crippen molar-refractivity contribution in [3.05, 3.63) is 35.3 Å². The fourth-order valence-corrected chi connectivity index (χ4v) is 2.94. The number of nitrogens with one attached hydrogen (secondary N) is 1. The van der Waals surface area contributed by atoms with E-state index in [0.717, 1.165) is 29.6 Å². The monoisotopic (exact) mass is 249 g/mol. The molecule has 0 bridgehead atoms. The van der Waals surface area contributed by atoms with Gasteiger partial charge in [0.25, 0.3) is 0 Å². The van der Waals surface area contributed by atoms with Crippen LogP contribution in [-0.2, 0) is 6.42 Å². The standard InChI is InChI=1S/C15H19FN2/c1-10-12(9-11-5-4-8-18(11)2)15-13(16)6-3-7-14(15)17-10/h3,6-7,11,17H,4-5,8-9H2,1-2H3/t11-/m1/s1/i2D3. The second kappa shape index (κ2) is 4.39. The normalized spacial score (nSPS) is 24.1. The van der Waals surface area contributed by atoms with E-state index in [1.807, 2.05) is 13.0 Å². The molecule has 2 heterocycles. The van der Waals surface area contributed by atoms with E-state index in [4.69, 9.17) is 4.11 Å². The molecule has 2 nitrogen and oxygen atoms in total. The number of rotatable bonds is 2. The predicted molar refractivity (Wildman–Crippen MR) is 72.3 cm³/mol. The minimum absolute atomic E-state index is 0.0465. The van der Waals surface area contributed by atoms with Gasteiger partial charge in [0.2, 0.25) is 0 Å². The molecule has 0 saturated carbocycles. The molecule has 3 heteroatoms. The van der Waals surface area contributed by atoms with Crippen LogP contribution in [0.1, 0.15) is 28.2 Å². The van der Waals surface area contributed by atoms with Gasteiger partial charge in [0, 0.05) is 26.8 Å². The molecule has 2 aromatic rings. The highest BCUT2D eigenvalue weighted by molar-refractivity contribution is 5.85. The summed E-state index contributed by atoms with van der Waals surface area (Å²) in [4.78, 5) is 4.77. The van der Waals surface area contributed by atoms with Crippen LogP contribution in [0.15, 0.2) is 18.2 Å². The van der Waals surface area contributed by atoms with E-state index in [0.29, 0.717) is 18.4 Å². The largest absolute Gasteiger partial charge is 0.358 e. The molecule has 0 spiro atoms. The number of hydrogen-bond donors (Lipinski definition) is 1. The number of aromatic nitrogens is 1. The third kappa shape index (κ3) is 1.83. The number of benzene rings is 1. The van der Waals surface area contributed by atoms with Crippen molar-refractivity contribution in [2.75, 3.05) is 13.5 Å². The number of hydrogen-bond acceptors (Lipinski definition) is 1. The number of likely N-dealkylation sites (tertiary alicyclic amines) is 1. The van der Waals surface area contributed by atoms with Crippen LogP contribution >= 0.6 is 0 Å². The summed E-state index contributed by atoms with van der Waals surface area (Å²) in [6.45, 7) is 0.439. The molecule has 0 unspecified atom stereocenters. The average molecular weight is 249 g/mol. The van der Waals surface area contributed by atoms with Gasteiger partial charge < -0.3 is 9.88 Å². The lowest BCUT2D eigenvalue weighted by Gasteiger charge is -2.19. The van der Waals surface area contributed by atoms with Crippen LogP contribution in [0, 0.1) is 12.7 Å². The van der Waals surface area contributed by atoms with Gasteiger partial charge in [-0.1, -0.05) is 6.07 Å². The molecule has 0 amide bonds. The van der Waals surface area contributed by atoms with Crippen molar-refractivity contribution in [3.8, 4) is 0 Å². The van der Waals surface area contributed by atoms with E-state index in [1.165, 1.54) is 6.07 Å². The molecule has 96 valence electrons. The second-order valence-corrected chi connectivity index (χ2v) is 5.08. The van der Waals surface area contributed by atoms with E-state index in [-0.39, 0.29) is 11.9 Å². The van der Waals surface area contributed by atoms with E-state index in [9.17, 15) is 4.39 Å². The van der Waals surface area contributed by atoms with Gasteiger partial charge in [-0.25, -0.2) is 4.39 Å². The minimum atomic E-state index is -2.07. The number of aryl methyl sites for hydroxylation is 1. The van der Waals surface area contributed by atoms with Gasteiger partial charge in [-0.2, -0.15) is 0 Å².